The van der Waals surface area contributed by atoms with Crippen LogP contribution >= 0.6 is 23.2 Å². The molecule has 10 heteroatoms. The summed E-state index contributed by atoms with van der Waals surface area (Å²) in [7, 11) is 0. The molecule has 2 heterocycles. The molecular formula is C19H19Cl2FN6O. The van der Waals surface area contributed by atoms with Crippen molar-refractivity contribution in [3.63, 3.8) is 0 Å². The number of ether oxygens (including phenoxy) is 1. The van der Waals surface area contributed by atoms with E-state index in [4.69, 9.17) is 33.7 Å². The van der Waals surface area contributed by atoms with Crippen molar-refractivity contribution in [2.24, 2.45) is 15.7 Å². The Bertz CT molecular complexity index is 943. The number of benzene rings is 2. The van der Waals surface area contributed by atoms with Crippen LogP contribution in [-0.2, 0) is 4.74 Å². The second kappa shape index (κ2) is 8.44. The summed E-state index contributed by atoms with van der Waals surface area (Å²) in [5, 5.41) is 4.22. The van der Waals surface area contributed by atoms with Gasteiger partial charge in [0.1, 0.15) is 5.82 Å². The van der Waals surface area contributed by atoms with Gasteiger partial charge in [0.25, 0.3) is 0 Å². The van der Waals surface area contributed by atoms with Crippen LogP contribution in [0.3, 0.4) is 0 Å². The molecule has 0 aromatic heterocycles. The Balaban J connectivity index is 1.74. The lowest BCUT2D eigenvalue weighted by atomic mass is 10.2. The maximum atomic E-state index is 14.0. The van der Waals surface area contributed by atoms with Crippen molar-refractivity contribution in [1.29, 1.82) is 0 Å². The molecule has 2 aromatic rings. The molecule has 2 aliphatic heterocycles. The zero-order valence-corrected chi connectivity index (χ0v) is 16.9. The minimum Gasteiger partial charge on any atom is -0.378 e. The van der Waals surface area contributed by atoms with Crippen LogP contribution in [0.2, 0.25) is 10.0 Å². The van der Waals surface area contributed by atoms with Gasteiger partial charge in [0.15, 0.2) is 0 Å². The van der Waals surface area contributed by atoms with Gasteiger partial charge in [-0.05, 0) is 36.4 Å². The number of nitrogens with zero attached hydrogens (tertiary/aromatic N) is 4. The molecule has 2 aliphatic rings. The third kappa shape index (κ3) is 4.55. The summed E-state index contributed by atoms with van der Waals surface area (Å²) in [6.45, 7) is 2.39. The second-order valence-electron chi connectivity index (χ2n) is 6.52. The highest BCUT2D eigenvalue weighted by Crippen LogP contribution is 2.27. The summed E-state index contributed by atoms with van der Waals surface area (Å²) in [4.78, 5) is 12.7. The molecule has 0 radical (unpaired) electrons. The van der Waals surface area contributed by atoms with E-state index in [1.165, 1.54) is 12.1 Å². The number of morpholine rings is 1. The number of nitrogens with two attached hydrogens (primary N) is 1. The molecule has 0 bridgehead atoms. The Labute approximate surface area is 177 Å². The van der Waals surface area contributed by atoms with Crippen molar-refractivity contribution in [2.45, 2.75) is 6.29 Å². The number of rotatable bonds is 3. The van der Waals surface area contributed by atoms with Crippen molar-refractivity contribution < 1.29 is 9.13 Å². The van der Waals surface area contributed by atoms with Crippen LogP contribution in [0, 0.1) is 5.82 Å². The number of guanidine groups is 2. The third-order valence-electron chi connectivity index (χ3n) is 4.47. The first-order valence-corrected chi connectivity index (χ1v) is 9.77. The Kier molecular flexibility index (Phi) is 5.75. The van der Waals surface area contributed by atoms with E-state index in [9.17, 15) is 4.39 Å². The van der Waals surface area contributed by atoms with Gasteiger partial charge in [-0.3, -0.25) is 4.90 Å². The highest BCUT2D eigenvalue weighted by Gasteiger charge is 2.32. The average Bonchev–Trinajstić information content (AvgIpc) is 2.67. The van der Waals surface area contributed by atoms with Gasteiger partial charge in [-0.25, -0.2) is 9.38 Å². The van der Waals surface area contributed by atoms with Crippen molar-refractivity contribution in [2.75, 3.05) is 36.5 Å². The van der Waals surface area contributed by atoms with E-state index in [2.05, 4.69) is 15.3 Å². The minimum absolute atomic E-state index is 0.116. The molecule has 1 saturated heterocycles. The molecule has 4 rings (SSSR count). The van der Waals surface area contributed by atoms with Crippen LogP contribution in [0.25, 0.3) is 0 Å². The highest BCUT2D eigenvalue weighted by molar-refractivity contribution is 6.35. The minimum atomic E-state index is -0.679. The Morgan fingerprint density at radius 2 is 1.83 bits per heavy atom. The topological polar surface area (TPSA) is 78.5 Å². The summed E-state index contributed by atoms with van der Waals surface area (Å²) in [5.41, 5.74) is 7.25. The SMILES string of the molecule is NC1=NC(Nc2cc(Cl)cc(Cl)c2)N(c2cccc(F)c2)C(N2CCOCC2)=N1. The lowest BCUT2D eigenvalue weighted by molar-refractivity contribution is 0.0671. The van der Waals surface area contributed by atoms with Crippen molar-refractivity contribution >= 4 is 46.5 Å². The fourth-order valence-corrected chi connectivity index (χ4v) is 3.76. The van der Waals surface area contributed by atoms with Crippen LogP contribution in [-0.4, -0.2) is 49.4 Å². The number of hydrogen-bond donors (Lipinski definition) is 2. The van der Waals surface area contributed by atoms with Gasteiger partial charge in [-0.1, -0.05) is 29.3 Å². The molecule has 1 unspecified atom stereocenters. The van der Waals surface area contributed by atoms with Gasteiger partial charge in [0.05, 0.1) is 18.9 Å². The quantitative estimate of drug-likeness (QED) is 0.770. The Hall–Kier alpha value is -2.55. The summed E-state index contributed by atoms with van der Waals surface area (Å²) in [5.74, 6) is 0.317. The molecule has 0 spiro atoms. The zero-order chi connectivity index (χ0) is 20.4. The predicted octanol–water partition coefficient (Wildman–Crippen LogP) is 3.35. The molecule has 1 fully saturated rings. The number of hydrogen-bond acceptors (Lipinski definition) is 7. The second-order valence-corrected chi connectivity index (χ2v) is 7.40. The number of nitrogens with one attached hydrogen (secondary N) is 1. The molecular weight excluding hydrogens is 418 g/mol. The first-order valence-electron chi connectivity index (χ1n) is 9.02. The van der Waals surface area contributed by atoms with Gasteiger partial charge >= 0.3 is 0 Å². The van der Waals surface area contributed by atoms with Crippen LogP contribution < -0.4 is 16.0 Å². The highest BCUT2D eigenvalue weighted by atomic mass is 35.5. The standard InChI is InChI=1S/C19H19Cl2FN6O/c20-12-8-13(21)10-15(9-12)24-18-25-17(23)26-19(27-4-6-29-7-5-27)28(18)16-3-1-2-14(22)11-16/h1-3,8-11,18,24H,4-7H2,(H2,23,25). The first kappa shape index (κ1) is 19.8. The van der Waals surface area contributed by atoms with E-state index in [0.717, 1.165) is 0 Å². The summed E-state index contributed by atoms with van der Waals surface area (Å²) in [6, 6.07) is 11.3. The fourth-order valence-electron chi connectivity index (χ4n) is 3.23. The zero-order valence-electron chi connectivity index (χ0n) is 15.4. The van der Waals surface area contributed by atoms with E-state index in [1.807, 2.05) is 4.90 Å². The maximum absolute atomic E-state index is 14.0. The van der Waals surface area contributed by atoms with Gasteiger partial charge < -0.3 is 20.7 Å². The van der Waals surface area contributed by atoms with E-state index in [1.54, 1.807) is 35.2 Å². The molecule has 0 saturated carbocycles. The third-order valence-corrected chi connectivity index (χ3v) is 4.90. The van der Waals surface area contributed by atoms with Crippen LogP contribution in [0.5, 0.6) is 0 Å². The number of aliphatic imine (C=N–C) groups is 2. The smallest absolute Gasteiger partial charge is 0.222 e. The monoisotopic (exact) mass is 436 g/mol. The molecule has 7 nitrogen and oxygen atoms in total. The molecule has 29 heavy (non-hydrogen) atoms. The summed E-state index contributed by atoms with van der Waals surface area (Å²) in [6.07, 6.45) is -0.679. The Morgan fingerprint density at radius 1 is 1.10 bits per heavy atom. The first-order chi connectivity index (χ1) is 14.0. The Morgan fingerprint density at radius 3 is 2.52 bits per heavy atom. The van der Waals surface area contributed by atoms with E-state index < -0.39 is 6.29 Å². The summed E-state index contributed by atoms with van der Waals surface area (Å²) >= 11 is 12.3. The van der Waals surface area contributed by atoms with Crippen LogP contribution in [0.1, 0.15) is 0 Å². The maximum Gasteiger partial charge on any atom is 0.222 e. The average molecular weight is 437 g/mol. The summed E-state index contributed by atoms with van der Waals surface area (Å²) < 4.78 is 19.5. The van der Waals surface area contributed by atoms with Crippen LogP contribution in [0.15, 0.2) is 52.4 Å². The largest absolute Gasteiger partial charge is 0.378 e. The van der Waals surface area contributed by atoms with Crippen molar-refractivity contribution in [3.05, 3.63) is 58.3 Å². The molecule has 2 aromatic carbocycles. The van der Waals surface area contributed by atoms with Gasteiger partial charge in [-0.2, -0.15) is 4.99 Å². The van der Waals surface area contributed by atoms with E-state index >= 15 is 0 Å². The molecule has 152 valence electrons. The van der Waals surface area contributed by atoms with Crippen LogP contribution in [0.4, 0.5) is 15.8 Å². The molecule has 0 aliphatic carbocycles. The normalized spacial score (nSPS) is 19.6. The van der Waals surface area contributed by atoms with Gasteiger partial charge in [0.2, 0.25) is 18.2 Å². The number of anilines is 2. The predicted molar refractivity (Wildman–Crippen MR) is 114 cm³/mol. The van der Waals surface area contributed by atoms with Crippen molar-refractivity contribution in [3.8, 4) is 0 Å². The lowest BCUT2D eigenvalue weighted by Crippen LogP contribution is -2.57. The van der Waals surface area contributed by atoms with E-state index in [0.29, 0.717) is 53.7 Å². The molecule has 1 atom stereocenters. The number of halogens is 3. The van der Waals surface area contributed by atoms with E-state index in [-0.39, 0.29) is 11.8 Å². The molecule has 3 N–H and O–H groups in total. The molecule has 0 amide bonds. The van der Waals surface area contributed by atoms with Crippen molar-refractivity contribution in [1.82, 2.24) is 4.90 Å². The fraction of sp³-hybridized carbons (Fsp3) is 0.263. The van der Waals surface area contributed by atoms with Gasteiger partial charge in [-0.15, -0.1) is 0 Å². The lowest BCUT2D eigenvalue weighted by Gasteiger charge is -2.41. The van der Waals surface area contributed by atoms with Gasteiger partial charge in [0, 0.05) is 28.8 Å².